The Morgan fingerprint density at radius 1 is 1.00 bits per heavy atom. The van der Waals surface area contributed by atoms with Gasteiger partial charge in [0.05, 0.1) is 12.1 Å². The minimum atomic E-state index is -1.02. The number of urea groups is 1. The Hall–Kier alpha value is -3.44. The second-order valence-corrected chi connectivity index (χ2v) is 16.8. The van der Waals surface area contributed by atoms with Gasteiger partial charge in [-0.15, -0.1) is 6.58 Å². The second-order valence-electron chi connectivity index (χ2n) is 16.8. The lowest BCUT2D eigenvalue weighted by Gasteiger charge is -2.43. The number of ketones is 1. The number of rotatable bonds is 16. The van der Waals surface area contributed by atoms with Gasteiger partial charge < -0.3 is 31.1 Å². The fourth-order valence-electron chi connectivity index (χ4n) is 7.69. The maximum Gasteiger partial charge on any atom is 0.315 e. The van der Waals surface area contributed by atoms with Crippen LogP contribution in [-0.4, -0.2) is 95.6 Å². The lowest BCUT2D eigenvalue weighted by molar-refractivity contribution is -0.144. The van der Waals surface area contributed by atoms with Crippen LogP contribution in [0.25, 0.3) is 0 Å². The van der Waals surface area contributed by atoms with Crippen LogP contribution in [0.3, 0.4) is 0 Å². The van der Waals surface area contributed by atoms with Crippen molar-refractivity contribution in [1.29, 1.82) is 0 Å². The molecule has 1 saturated carbocycles. The van der Waals surface area contributed by atoms with Crippen molar-refractivity contribution in [2.45, 2.75) is 150 Å². The minimum absolute atomic E-state index is 0.0337. The summed E-state index contributed by atoms with van der Waals surface area (Å²) in [7, 11) is 0. The summed E-state index contributed by atoms with van der Waals surface area (Å²) in [6.45, 7) is 19.3. The fraction of sp³-hybridized carbons (Fsp3) is 0.795. The van der Waals surface area contributed by atoms with E-state index in [4.69, 9.17) is 0 Å². The molecule has 3 rings (SSSR count). The summed E-state index contributed by atoms with van der Waals surface area (Å²) >= 11 is 0. The number of Topliss-reactive ketones (excluding diaryl/α,β-unsaturated/α-hetero) is 1. The zero-order valence-electron chi connectivity index (χ0n) is 32.4. The van der Waals surface area contributed by atoms with Crippen LogP contribution < -0.4 is 21.3 Å². The molecule has 0 aromatic carbocycles. The van der Waals surface area contributed by atoms with E-state index in [1.807, 2.05) is 32.6 Å². The molecule has 2 saturated heterocycles. The van der Waals surface area contributed by atoms with E-state index in [2.05, 4.69) is 48.6 Å². The molecule has 1 aliphatic carbocycles. The van der Waals surface area contributed by atoms with Crippen molar-refractivity contribution in [2.75, 3.05) is 26.2 Å². The Morgan fingerprint density at radius 2 is 1.69 bits per heavy atom. The molecular weight excluding hydrogens is 648 g/mol. The molecule has 0 spiro atoms. The van der Waals surface area contributed by atoms with Gasteiger partial charge in [0.1, 0.15) is 12.1 Å². The first-order chi connectivity index (χ1) is 24.0. The van der Waals surface area contributed by atoms with E-state index >= 15 is 0 Å². The molecule has 6 amide bonds. The molecular formula is C39H66N6O6. The van der Waals surface area contributed by atoms with Crippen molar-refractivity contribution in [3.63, 3.8) is 0 Å². The zero-order chi connectivity index (χ0) is 37.9. The first-order valence-corrected chi connectivity index (χ1v) is 19.4. The van der Waals surface area contributed by atoms with Crippen molar-refractivity contribution >= 4 is 35.4 Å². The third-order valence-electron chi connectivity index (χ3n) is 11.4. The van der Waals surface area contributed by atoms with E-state index in [-0.39, 0.29) is 41.7 Å². The second kappa shape index (κ2) is 18.9. The van der Waals surface area contributed by atoms with Crippen LogP contribution in [0.1, 0.15) is 126 Å². The molecule has 3 unspecified atom stereocenters. The predicted molar refractivity (Wildman–Crippen MR) is 198 cm³/mol. The Bertz CT molecular complexity index is 1250. The molecule has 12 heteroatoms. The van der Waals surface area contributed by atoms with E-state index in [9.17, 15) is 28.8 Å². The van der Waals surface area contributed by atoms with Gasteiger partial charge in [-0.25, -0.2) is 4.79 Å². The summed E-state index contributed by atoms with van der Waals surface area (Å²) in [5.74, 6) is -1.97. The smallest absolute Gasteiger partial charge is 0.315 e. The Morgan fingerprint density at radius 3 is 2.27 bits per heavy atom. The number of piperidine rings is 1. The number of carbonyl (C=O) groups excluding carboxylic acids is 6. The lowest BCUT2D eigenvalue weighted by atomic mass is 9.70. The molecule has 4 N–H and O–H groups in total. The highest BCUT2D eigenvalue weighted by Crippen LogP contribution is 2.41. The number of nitrogens with zero attached hydrogens (tertiary/aromatic N) is 2. The van der Waals surface area contributed by atoms with Crippen LogP contribution in [0, 0.1) is 22.7 Å². The fourth-order valence-corrected chi connectivity index (χ4v) is 7.69. The van der Waals surface area contributed by atoms with Gasteiger partial charge in [0, 0.05) is 32.6 Å². The SMILES string of the molecule is C=CCNC(=O)C(=O)C(CCCC)NC(=O)C1C[C@@H](C(C)C)CN1C(=O)C(NC(=O)N[C@H](CN1CCCCC1=O)C(C)(C)C)C1(C)CCCCC1. The van der Waals surface area contributed by atoms with Gasteiger partial charge in [0.15, 0.2) is 0 Å². The van der Waals surface area contributed by atoms with Crippen LogP contribution in [0.15, 0.2) is 12.7 Å². The molecule has 2 aliphatic heterocycles. The molecule has 0 radical (unpaired) electrons. The predicted octanol–water partition coefficient (Wildman–Crippen LogP) is 4.47. The number of unbranched alkanes of at least 4 members (excludes halogenated alkanes) is 1. The van der Waals surface area contributed by atoms with Gasteiger partial charge in [-0.3, -0.25) is 24.0 Å². The molecule has 0 aromatic rings. The molecule has 3 fully saturated rings. The first-order valence-electron chi connectivity index (χ1n) is 19.4. The summed E-state index contributed by atoms with van der Waals surface area (Å²) in [6, 6.07) is -3.59. The van der Waals surface area contributed by atoms with Gasteiger partial charge >= 0.3 is 6.03 Å². The molecule has 288 valence electrons. The van der Waals surface area contributed by atoms with E-state index in [1.165, 1.54) is 6.08 Å². The molecule has 5 atom stereocenters. The summed E-state index contributed by atoms with van der Waals surface area (Å²) in [5, 5.41) is 11.6. The molecule has 0 aromatic heterocycles. The van der Waals surface area contributed by atoms with E-state index in [0.717, 1.165) is 51.4 Å². The van der Waals surface area contributed by atoms with Gasteiger partial charge in [-0.2, -0.15) is 0 Å². The summed E-state index contributed by atoms with van der Waals surface area (Å²) < 4.78 is 0. The van der Waals surface area contributed by atoms with Crippen molar-refractivity contribution in [1.82, 2.24) is 31.1 Å². The van der Waals surface area contributed by atoms with Crippen LogP contribution in [-0.2, 0) is 24.0 Å². The monoisotopic (exact) mass is 715 g/mol. The molecule has 12 nitrogen and oxygen atoms in total. The van der Waals surface area contributed by atoms with Crippen LogP contribution in [0.2, 0.25) is 0 Å². The Labute approximate surface area is 306 Å². The zero-order valence-corrected chi connectivity index (χ0v) is 32.4. The molecule has 51 heavy (non-hydrogen) atoms. The van der Waals surface area contributed by atoms with Crippen LogP contribution in [0.5, 0.6) is 0 Å². The quantitative estimate of drug-likeness (QED) is 0.137. The average Bonchev–Trinajstić information content (AvgIpc) is 3.54. The minimum Gasteiger partial charge on any atom is -0.346 e. The maximum absolute atomic E-state index is 14.8. The maximum atomic E-state index is 14.8. The van der Waals surface area contributed by atoms with E-state index in [1.54, 1.807) is 4.90 Å². The van der Waals surface area contributed by atoms with Crippen LogP contribution >= 0.6 is 0 Å². The summed E-state index contributed by atoms with van der Waals surface area (Å²) in [4.78, 5) is 84.7. The topological polar surface area (TPSA) is 157 Å². The normalized spacial score (nSPS) is 22.5. The molecule has 3 aliphatic rings. The summed E-state index contributed by atoms with van der Waals surface area (Å²) in [6.07, 6.45) is 10.3. The highest BCUT2D eigenvalue weighted by Gasteiger charge is 2.49. The number of carbonyl (C=O) groups is 6. The van der Waals surface area contributed by atoms with Gasteiger partial charge in [-0.05, 0) is 61.2 Å². The first kappa shape index (κ1) is 42.0. The van der Waals surface area contributed by atoms with Crippen LogP contribution in [0.4, 0.5) is 4.79 Å². The number of hydrogen-bond donors (Lipinski definition) is 4. The largest absolute Gasteiger partial charge is 0.346 e. The third-order valence-corrected chi connectivity index (χ3v) is 11.4. The Balaban J connectivity index is 1.89. The highest BCUT2D eigenvalue weighted by molar-refractivity contribution is 6.38. The van der Waals surface area contributed by atoms with E-state index in [0.29, 0.717) is 45.3 Å². The van der Waals surface area contributed by atoms with Crippen molar-refractivity contribution in [3.8, 4) is 0 Å². The van der Waals surface area contributed by atoms with Crippen molar-refractivity contribution < 1.29 is 28.8 Å². The third kappa shape index (κ3) is 11.5. The standard InChI is InChI=1S/C39H66N6O6/c1-9-11-17-28(32(47)35(49)40-21-10-2)41-34(48)29-23-27(26(3)4)24-45(29)36(50)33(39(8)19-14-12-15-20-39)43-37(51)42-30(38(5,6)7)25-44-22-16-13-18-31(44)46/h10,26-30,33H,2,9,11-25H2,1,3-8H3,(H,40,49)(H,41,48)(H2,42,43,51)/t27-,28?,29?,30-,33?/m1/s1. The highest BCUT2D eigenvalue weighted by atomic mass is 16.2. The van der Waals surface area contributed by atoms with E-state index < -0.39 is 47.2 Å². The lowest BCUT2D eigenvalue weighted by Crippen LogP contribution is -2.63. The number of nitrogens with one attached hydrogen (secondary N) is 4. The number of hydrogen-bond acceptors (Lipinski definition) is 6. The average molecular weight is 715 g/mol. The number of amides is 6. The van der Waals surface area contributed by atoms with Gasteiger partial charge in [0.2, 0.25) is 23.5 Å². The summed E-state index contributed by atoms with van der Waals surface area (Å²) in [5.41, 5.74) is -0.896. The van der Waals surface area contributed by atoms with Gasteiger partial charge in [-0.1, -0.05) is 86.6 Å². The Kier molecular flexibility index (Phi) is 15.5. The molecule has 2 heterocycles. The number of likely N-dealkylation sites (tertiary alicyclic amines) is 2. The van der Waals surface area contributed by atoms with Crippen molar-refractivity contribution in [3.05, 3.63) is 12.7 Å². The van der Waals surface area contributed by atoms with Gasteiger partial charge in [0.25, 0.3) is 5.91 Å². The van der Waals surface area contributed by atoms with Crippen molar-refractivity contribution in [2.24, 2.45) is 22.7 Å². The molecule has 0 bridgehead atoms.